The van der Waals surface area contributed by atoms with Gasteiger partial charge in [-0.05, 0) is 31.5 Å². The number of aliphatic imine (C=N–C) groups is 1. The van der Waals surface area contributed by atoms with Crippen molar-refractivity contribution in [2.45, 2.75) is 33.0 Å². The number of carbonyl (C=O) groups excluding carboxylic acids is 1. The van der Waals surface area contributed by atoms with Crippen molar-refractivity contribution in [2.75, 3.05) is 38.5 Å². The molecule has 0 atom stereocenters. The molecule has 1 aliphatic rings. The van der Waals surface area contributed by atoms with E-state index in [1.54, 1.807) is 6.26 Å². The predicted octanol–water partition coefficient (Wildman–Crippen LogP) is 2.72. The highest BCUT2D eigenvalue weighted by Crippen LogP contribution is 2.11. The monoisotopic (exact) mass is 541 g/mol. The number of aromatic nitrogens is 1. The van der Waals surface area contributed by atoms with Gasteiger partial charge >= 0.3 is 6.03 Å². The van der Waals surface area contributed by atoms with Gasteiger partial charge in [0.2, 0.25) is 0 Å². The average Bonchev–Trinajstić information content (AvgIpc) is 3.23. The topological polar surface area (TPSA) is 98.0 Å². The lowest BCUT2D eigenvalue weighted by Gasteiger charge is -2.36. The molecule has 1 aromatic carbocycles. The first-order valence-corrected chi connectivity index (χ1v) is 10.3. The molecule has 9 nitrogen and oxygen atoms in total. The van der Waals surface area contributed by atoms with Crippen molar-refractivity contribution < 1.29 is 9.32 Å². The molecule has 2 amide bonds. The summed E-state index contributed by atoms with van der Waals surface area (Å²) < 4.78 is 4.91. The van der Waals surface area contributed by atoms with Gasteiger partial charge in [0.25, 0.3) is 0 Å². The summed E-state index contributed by atoms with van der Waals surface area (Å²) in [5, 5.41) is 13.1. The van der Waals surface area contributed by atoms with E-state index in [1.807, 2.05) is 51.2 Å². The Labute approximate surface area is 200 Å². The first kappa shape index (κ1) is 24.9. The van der Waals surface area contributed by atoms with Crippen molar-refractivity contribution in [2.24, 2.45) is 4.99 Å². The molecule has 0 aliphatic carbocycles. The molecule has 3 N–H and O–H groups in total. The molecule has 2 aromatic rings. The number of nitrogens with zero attached hydrogens (tertiary/aromatic N) is 4. The first-order valence-electron chi connectivity index (χ1n) is 10.3. The second-order valence-electron chi connectivity index (χ2n) is 7.60. The van der Waals surface area contributed by atoms with Crippen LogP contribution in [0.4, 0.5) is 10.5 Å². The molecule has 2 heterocycles. The van der Waals surface area contributed by atoms with Crippen molar-refractivity contribution in [1.29, 1.82) is 0 Å². The Balaban J connectivity index is 0.00000341. The largest absolute Gasteiger partial charge is 0.364 e. The quantitative estimate of drug-likeness (QED) is 0.296. The van der Waals surface area contributed by atoms with E-state index in [9.17, 15) is 4.79 Å². The van der Waals surface area contributed by atoms with E-state index < -0.39 is 0 Å². The molecular weight excluding hydrogens is 509 g/mol. The van der Waals surface area contributed by atoms with Gasteiger partial charge in [0.1, 0.15) is 6.26 Å². The Hall–Kier alpha value is -2.34. The number of carbonyl (C=O) groups is 1. The highest BCUT2D eigenvalue weighted by molar-refractivity contribution is 14.0. The van der Waals surface area contributed by atoms with Crippen LogP contribution in [0.5, 0.6) is 0 Å². The minimum absolute atomic E-state index is 0. The van der Waals surface area contributed by atoms with Crippen LogP contribution in [0.1, 0.15) is 25.1 Å². The standard InChI is InChI=1S/C21H31N7O2.HI/c1-16(2)24-21(29)25-18-6-4-17(5-7-18)14-23-20(22-3)28-11-9-27(10-12-28)15-19-8-13-30-26-19;/h4-8,13,16H,9-12,14-15H2,1-3H3,(H,22,23)(H2,24,25,29);1H. The zero-order chi connectivity index (χ0) is 21.3. The molecule has 1 fully saturated rings. The molecule has 0 unspecified atom stereocenters. The molecule has 1 saturated heterocycles. The van der Waals surface area contributed by atoms with Crippen molar-refractivity contribution in [3.05, 3.63) is 47.9 Å². The molecule has 0 bridgehead atoms. The molecule has 170 valence electrons. The highest BCUT2D eigenvalue weighted by Gasteiger charge is 2.20. The minimum Gasteiger partial charge on any atom is -0.364 e. The maximum atomic E-state index is 11.8. The van der Waals surface area contributed by atoms with Crippen molar-refractivity contribution >= 4 is 41.7 Å². The zero-order valence-electron chi connectivity index (χ0n) is 18.3. The van der Waals surface area contributed by atoms with Crippen molar-refractivity contribution in [3.63, 3.8) is 0 Å². The fourth-order valence-electron chi connectivity index (χ4n) is 3.31. The summed E-state index contributed by atoms with van der Waals surface area (Å²) in [5.41, 5.74) is 2.85. The number of hydrogen-bond acceptors (Lipinski definition) is 5. The van der Waals surface area contributed by atoms with Crippen LogP contribution >= 0.6 is 24.0 Å². The third-order valence-electron chi connectivity index (χ3n) is 4.84. The van der Waals surface area contributed by atoms with Gasteiger partial charge in [-0.3, -0.25) is 9.89 Å². The van der Waals surface area contributed by atoms with Gasteiger partial charge in [-0.2, -0.15) is 0 Å². The molecule has 31 heavy (non-hydrogen) atoms. The highest BCUT2D eigenvalue weighted by atomic mass is 127. The Morgan fingerprint density at radius 3 is 2.45 bits per heavy atom. The van der Waals surface area contributed by atoms with E-state index in [4.69, 9.17) is 4.52 Å². The molecular formula is C21H32IN7O2. The van der Waals surface area contributed by atoms with E-state index >= 15 is 0 Å². The smallest absolute Gasteiger partial charge is 0.319 e. The molecule has 0 spiro atoms. The van der Waals surface area contributed by atoms with Gasteiger partial charge in [0, 0.05) is 64.1 Å². The second kappa shape index (κ2) is 12.5. The number of anilines is 1. The van der Waals surface area contributed by atoms with Gasteiger partial charge in [0.15, 0.2) is 5.96 Å². The number of benzene rings is 1. The maximum Gasteiger partial charge on any atom is 0.319 e. The Morgan fingerprint density at radius 1 is 1.16 bits per heavy atom. The molecule has 1 aromatic heterocycles. The minimum atomic E-state index is -0.195. The van der Waals surface area contributed by atoms with E-state index in [0.29, 0.717) is 6.54 Å². The first-order chi connectivity index (χ1) is 14.5. The predicted molar refractivity (Wildman–Crippen MR) is 133 cm³/mol. The van der Waals surface area contributed by atoms with Crippen LogP contribution in [0, 0.1) is 0 Å². The number of rotatable bonds is 6. The number of hydrogen-bond donors (Lipinski definition) is 3. The van der Waals surface area contributed by atoms with Crippen molar-refractivity contribution in [3.8, 4) is 0 Å². The summed E-state index contributed by atoms with van der Waals surface area (Å²) in [4.78, 5) is 20.8. The van der Waals surface area contributed by atoms with Crippen LogP contribution in [0.25, 0.3) is 0 Å². The fraction of sp³-hybridized carbons (Fsp3) is 0.476. The Morgan fingerprint density at radius 2 is 1.87 bits per heavy atom. The summed E-state index contributed by atoms with van der Waals surface area (Å²) in [5.74, 6) is 0.898. The van der Waals surface area contributed by atoms with Crippen LogP contribution in [0.15, 0.2) is 46.1 Å². The van der Waals surface area contributed by atoms with Crippen LogP contribution in [0.3, 0.4) is 0 Å². The SMILES string of the molecule is CN=C(NCc1ccc(NC(=O)NC(C)C)cc1)N1CCN(Cc2ccon2)CC1.I. The van der Waals surface area contributed by atoms with Gasteiger partial charge in [0.05, 0.1) is 5.69 Å². The van der Waals surface area contributed by atoms with Crippen LogP contribution in [-0.2, 0) is 13.1 Å². The van der Waals surface area contributed by atoms with Crippen LogP contribution in [0.2, 0.25) is 0 Å². The number of halogens is 1. The molecule has 3 rings (SSSR count). The Kier molecular flexibility index (Phi) is 10.0. The molecule has 10 heteroatoms. The maximum absolute atomic E-state index is 11.8. The van der Waals surface area contributed by atoms with Crippen LogP contribution < -0.4 is 16.0 Å². The zero-order valence-corrected chi connectivity index (χ0v) is 20.6. The Bertz CT molecular complexity index is 817. The number of piperazine rings is 1. The van der Waals surface area contributed by atoms with Gasteiger partial charge in [-0.1, -0.05) is 17.3 Å². The van der Waals surface area contributed by atoms with E-state index in [1.165, 1.54) is 0 Å². The lowest BCUT2D eigenvalue weighted by Crippen LogP contribution is -2.52. The average molecular weight is 541 g/mol. The third kappa shape index (κ3) is 8.02. The number of urea groups is 1. The van der Waals surface area contributed by atoms with Crippen molar-refractivity contribution in [1.82, 2.24) is 25.6 Å². The second-order valence-corrected chi connectivity index (χ2v) is 7.60. The molecule has 1 aliphatic heterocycles. The van der Waals surface area contributed by atoms with Crippen LogP contribution in [-0.4, -0.2) is 66.2 Å². The van der Waals surface area contributed by atoms with Gasteiger partial charge in [-0.25, -0.2) is 4.79 Å². The third-order valence-corrected chi connectivity index (χ3v) is 4.84. The summed E-state index contributed by atoms with van der Waals surface area (Å²) >= 11 is 0. The summed E-state index contributed by atoms with van der Waals surface area (Å²) in [6.07, 6.45) is 1.61. The summed E-state index contributed by atoms with van der Waals surface area (Å²) in [6, 6.07) is 9.63. The van der Waals surface area contributed by atoms with E-state index in [0.717, 1.165) is 55.6 Å². The van der Waals surface area contributed by atoms with Gasteiger partial charge < -0.3 is 25.4 Å². The number of amides is 2. The lowest BCUT2D eigenvalue weighted by molar-refractivity contribution is 0.169. The normalized spacial score (nSPS) is 14.8. The molecule has 0 saturated carbocycles. The van der Waals surface area contributed by atoms with E-state index in [-0.39, 0.29) is 36.0 Å². The van der Waals surface area contributed by atoms with E-state index in [2.05, 4.69) is 35.9 Å². The van der Waals surface area contributed by atoms with Gasteiger partial charge in [-0.15, -0.1) is 24.0 Å². The summed E-state index contributed by atoms with van der Waals surface area (Å²) in [7, 11) is 1.81. The fourth-order valence-corrected chi connectivity index (χ4v) is 3.31. The number of nitrogens with one attached hydrogen (secondary N) is 3. The molecule has 0 radical (unpaired) electrons. The lowest BCUT2D eigenvalue weighted by atomic mass is 10.2. The summed E-state index contributed by atoms with van der Waals surface area (Å²) in [6.45, 7) is 9.06. The number of guanidine groups is 1.